The first-order chi connectivity index (χ1) is 16.9. The van der Waals surface area contributed by atoms with Crippen LogP contribution in [0.4, 0.5) is 5.82 Å². The summed E-state index contributed by atoms with van der Waals surface area (Å²) < 4.78 is 7.33. The van der Waals surface area contributed by atoms with Crippen molar-refractivity contribution in [2.45, 2.75) is 51.6 Å². The van der Waals surface area contributed by atoms with Gasteiger partial charge in [-0.05, 0) is 50.7 Å². The number of aryl methyl sites for hydroxylation is 1. The number of aromatic carboxylic acids is 1. The molecule has 0 aliphatic carbocycles. The average molecular weight is 497 g/mol. The van der Waals surface area contributed by atoms with E-state index < -0.39 is 11.4 Å². The van der Waals surface area contributed by atoms with Crippen molar-refractivity contribution < 1.29 is 19.4 Å². The summed E-state index contributed by atoms with van der Waals surface area (Å²) in [6, 6.07) is 1.79. The Morgan fingerprint density at radius 3 is 2.80 bits per heavy atom. The van der Waals surface area contributed by atoms with Crippen LogP contribution in [0.2, 0.25) is 0 Å². The van der Waals surface area contributed by atoms with Gasteiger partial charge in [-0.3, -0.25) is 14.2 Å². The highest BCUT2D eigenvalue weighted by atomic mass is 32.1. The van der Waals surface area contributed by atoms with Crippen molar-refractivity contribution in [3.05, 3.63) is 45.2 Å². The molecule has 9 nitrogen and oxygen atoms in total. The van der Waals surface area contributed by atoms with Gasteiger partial charge in [0.05, 0.1) is 17.4 Å². The lowest BCUT2D eigenvalue weighted by Gasteiger charge is -2.39. The monoisotopic (exact) mass is 496 g/mol. The van der Waals surface area contributed by atoms with E-state index in [9.17, 15) is 19.5 Å². The number of hydrogen-bond acceptors (Lipinski definition) is 8. The van der Waals surface area contributed by atoms with Gasteiger partial charge in [-0.1, -0.05) is 0 Å². The predicted molar refractivity (Wildman–Crippen MR) is 133 cm³/mol. The van der Waals surface area contributed by atoms with Gasteiger partial charge in [-0.2, -0.15) is 0 Å². The molecule has 2 fully saturated rings. The molecule has 184 valence electrons. The van der Waals surface area contributed by atoms with E-state index in [2.05, 4.69) is 4.98 Å². The number of carbonyl (C=O) groups is 2. The topological polar surface area (TPSA) is 115 Å². The van der Waals surface area contributed by atoms with Crippen molar-refractivity contribution in [2.75, 3.05) is 24.6 Å². The van der Waals surface area contributed by atoms with Gasteiger partial charge < -0.3 is 14.7 Å². The molecule has 0 amide bonds. The van der Waals surface area contributed by atoms with Gasteiger partial charge >= 0.3 is 5.97 Å². The summed E-state index contributed by atoms with van der Waals surface area (Å²) in [6.07, 6.45) is 9.03. The van der Waals surface area contributed by atoms with E-state index in [0.29, 0.717) is 47.8 Å². The van der Waals surface area contributed by atoms with Crippen LogP contribution in [0.15, 0.2) is 28.6 Å². The maximum atomic E-state index is 12.9. The third-order valence-electron chi connectivity index (χ3n) is 6.88. The van der Waals surface area contributed by atoms with Gasteiger partial charge in [-0.25, -0.2) is 14.8 Å². The predicted octanol–water partition coefficient (Wildman–Crippen LogP) is 3.59. The Kier molecular flexibility index (Phi) is 6.66. The number of pyridine rings is 2. The van der Waals surface area contributed by atoms with E-state index in [1.54, 1.807) is 29.1 Å². The Balaban J connectivity index is 1.33. The zero-order valence-electron chi connectivity index (χ0n) is 19.6. The molecular weight excluding hydrogens is 468 g/mol. The van der Waals surface area contributed by atoms with E-state index >= 15 is 0 Å². The summed E-state index contributed by atoms with van der Waals surface area (Å²) in [5, 5.41) is 12.1. The normalized spacial score (nSPS) is 18.5. The number of rotatable bonds is 8. The van der Waals surface area contributed by atoms with Crippen LogP contribution in [0.5, 0.6) is 0 Å². The van der Waals surface area contributed by atoms with Crippen LogP contribution in [0.3, 0.4) is 0 Å². The van der Waals surface area contributed by atoms with Gasteiger partial charge in [0.25, 0.3) is 0 Å². The highest BCUT2D eigenvalue weighted by molar-refractivity contribution is 7.12. The minimum Gasteiger partial charge on any atom is -0.477 e. The Hall–Kier alpha value is -3.11. The van der Waals surface area contributed by atoms with Gasteiger partial charge in [-0.15, -0.1) is 11.3 Å². The van der Waals surface area contributed by atoms with Gasteiger partial charge in [0.2, 0.25) is 5.43 Å². The van der Waals surface area contributed by atoms with Crippen LogP contribution >= 0.6 is 11.3 Å². The molecule has 3 aromatic heterocycles. The fourth-order valence-electron chi connectivity index (χ4n) is 4.88. The zero-order chi connectivity index (χ0) is 24.5. The van der Waals surface area contributed by atoms with Crippen molar-refractivity contribution in [1.82, 2.24) is 14.5 Å². The van der Waals surface area contributed by atoms with Crippen LogP contribution in [0.25, 0.3) is 16.2 Å². The van der Waals surface area contributed by atoms with Crippen LogP contribution in [-0.4, -0.2) is 57.2 Å². The summed E-state index contributed by atoms with van der Waals surface area (Å²) in [4.78, 5) is 48.3. The second-order valence-corrected chi connectivity index (χ2v) is 10.2. The first-order valence-corrected chi connectivity index (χ1v) is 12.9. The molecule has 10 heteroatoms. The molecule has 2 saturated heterocycles. The molecule has 0 radical (unpaired) electrons. The number of anilines is 1. The van der Waals surface area contributed by atoms with Crippen molar-refractivity contribution in [2.24, 2.45) is 5.92 Å². The molecule has 1 unspecified atom stereocenters. The number of aromatic nitrogens is 3. The van der Waals surface area contributed by atoms with Gasteiger partial charge in [0, 0.05) is 43.9 Å². The second kappa shape index (κ2) is 9.87. The van der Waals surface area contributed by atoms with Crippen LogP contribution in [-0.2, 0) is 9.53 Å². The number of ether oxygens (including phenoxy) is 1. The third-order valence-corrected chi connectivity index (χ3v) is 7.65. The fraction of sp³-hybridized carbons (Fsp3) is 0.480. The number of ketones is 1. The number of Topliss-reactive ketones (excluding diaryl/α,β-unsaturated/α-hetero) is 1. The third kappa shape index (κ3) is 4.72. The Morgan fingerprint density at radius 1 is 1.29 bits per heavy atom. The fourth-order valence-corrected chi connectivity index (χ4v) is 5.50. The highest BCUT2D eigenvalue weighted by Crippen LogP contribution is 2.29. The van der Waals surface area contributed by atoms with E-state index in [1.165, 1.54) is 24.0 Å². The molecular formula is C25H28N4O5S. The molecule has 5 rings (SSSR count). The van der Waals surface area contributed by atoms with Crippen molar-refractivity contribution in [3.8, 4) is 5.13 Å². The average Bonchev–Trinajstić information content (AvgIpc) is 3.33. The summed E-state index contributed by atoms with van der Waals surface area (Å²) in [7, 11) is 0. The van der Waals surface area contributed by atoms with E-state index in [-0.39, 0.29) is 22.7 Å². The summed E-state index contributed by atoms with van der Waals surface area (Å²) in [5.41, 5.74) is 0.131. The van der Waals surface area contributed by atoms with Crippen LogP contribution in [0, 0.1) is 12.8 Å². The number of thiazole rings is 1. The number of nitrogens with zero attached hydrogens (tertiary/aromatic N) is 4. The number of carbonyl (C=O) groups excluding carboxylic acids is 1. The van der Waals surface area contributed by atoms with Crippen molar-refractivity contribution in [1.29, 1.82) is 0 Å². The molecule has 5 heterocycles. The second-order valence-electron chi connectivity index (χ2n) is 9.31. The molecule has 3 aromatic rings. The largest absolute Gasteiger partial charge is 0.477 e. The molecule has 2 aliphatic rings. The quantitative estimate of drug-likeness (QED) is 0.503. The lowest BCUT2D eigenvalue weighted by Crippen LogP contribution is -2.51. The molecule has 0 spiro atoms. The summed E-state index contributed by atoms with van der Waals surface area (Å²) in [6.45, 7) is 3.79. The van der Waals surface area contributed by atoms with Gasteiger partial charge in [0.15, 0.2) is 10.8 Å². The molecule has 0 aromatic carbocycles. The molecule has 0 bridgehead atoms. The molecule has 0 saturated carbocycles. The standard InChI is InChI=1S/C25H28N4O5S/c1-15-11-20(28-12-16(13-28)19(30)7-4-6-17-5-2-3-9-34-17)27-23-21(15)22(31)18(24(32)33)14-29(23)25-26-8-10-35-25/h8,10-11,14,16-17H,2-7,9,12-13H2,1H3,(H,32,33). The van der Waals surface area contributed by atoms with E-state index in [0.717, 1.165) is 32.3 Å². The van der Waals surface area contributed by atoms with Crippen LogP contribution < -0.4 is 10.3 Å². The minimum atomic E-state index is -1.29. The zero-order valence-corrected chi connectivity index (χ0v) is 20.4. The first kappa shape index (κ1) is 23.6. The molecule has 1 atom stereocenters. The minimum absolute atomic E-state index is 0.0179. The summed E-state index contributed by atoms with van der Waals surface area (Å²) in [5.74, 6) is -0.358. The lowest BCUT2D eigenvalue weighted by atomic mass is 9.91. The number of fused-ring (bicyclic) bond motifs is 1. The molecule has 2 aliphatic heterocycles. The number of carboxylic acid groups (broad SMARTS) is 1. The Bertz CT molecular complexity index is 1310. The lowest BCUT2D eigenvalue weighted by molar-refractivity contribution is -0.123. The maximum Gasteiger partial charge on any atom is 0.341 e. The Labute approximate surface area is 206 Å². The summed E-state index contributed by atoms with van der Waals surface area (Å²) >= 11 is 1.33. The Morgan fingerprint density at radius 2 is 2.11 bits per heavy atom. The molecule has 35 heavy (non-hydrogen) atoms. The van der Waals surface area contributed by atoms with E-state index in [1.807, 2.05) is 4.90 Å². The number of hydrogen-bond donors (Lipinski definition) is 1. The van der Waals surface area contributed by atoms with Gasteiger partial charge in [0.1, 0.15) is 17.2 Å². The van der Waals surface area contributed by atoms with Crippen molar-refractivity contribution in [3.63, 3.8) is 0 Å². The molecule has 1 N–H and O–H groups in total. The highest BCUT2D eigenvalue weighted by Gasteiger charge is 2.33. The smallest absolute Gasteiger partial charge is 0.341 e. The van der Waals surface area contributed by atoms with E-state index in [4.69, 9.17) is 9.72 Å². The van der Waals surface area contributed by atoms with Crippen LogP contribution in [0.1, 0.15) is 54.4 Å². The maximum absolute atomic E-state index is 12.9. The number of carboxylic acids is 1. The SMILES string of the molecule is Cc1cc(N2CC(C(=O)CCCC3CCCCO3)C2)nc2c1c(=O)c(C(=O)O)cn2-c1nccs1. The van der Waals surface area contributed by atoms with Crippen molar-refractivity contribution >= 4 is 39.9 Å². The first-order valence-electron chi connectivity index (χ1n) is 12.0.